The first-order chi connectivity index (χ1) is 19.8. The number of hydrogen-bond donors (Lipinski definition) is 2. The zero-order chi connectivity index (χ0) is 31.7. The Morgan fingerprint density at radius 3 is 2.19 bits per heavy atom. The van der Waals surface area contributed by atoms with Crippen LogP contribution in [0.1, 0.15) is 102 Å². The maximum atomic E-state index is 14.3. The van der Waals surface area contributed by atoms with Crippen molar-refractivity contribution in [3.05, 3.63) is 34.9 Å². The van der Waals surface area contributed by atoms with Crippen LogP contribution < -0.4 is 10.6 Å². The molecule has 10 heteroatoms. The summed E-state index contributed by atoms with van der Waals surface area (Å²) in [6.07, 6.45) is 6.52. The highest BCUT2D eigenvalue weighted by Gasteiger charge is 2.36. The molecule has 238 valence electrons. The van der Waals surface area contributed by atoms with Gasteiger partial charge >= 0.3 is 12.1 Å². The minimum atomic E-state index is -0.943. The van der Waals surface area contributed by atoms with E-state index in [-0.39, 0.29) is 31.4 Å². The van der Waals surface area contributed by atoms with Gasteiger partial charge in [0.05, 0.1) is 13.0 Å². The van der Waals surface area contributed by atoms with E-state index in [0.717, 1.165) is 36.8 Å². The van der Waals surface area contributed by atoms with E-state index in [4.69, 9.17) is 9.47 Å². The molecule has 0 radical (unpaired) electrons. The highest BCUT2D eigenvalue weighted by Crippen LogP contribution is 2.26. The molecule has 0 saturated carbocycles. The summed E-state index contributed by atoms with van der Waals surface area (Å²) in [5.74, 6) is -0.484. The number of amides is 3. The van der Waals surface area contributed by atoms with Crippen LogP contribution >= 0.6 is 11.8 Å². The Morgan fingerprint density at radius 1 is 0.976 bits per heavy atom. The van der Waals surface area contributed by atoms with Gasteiger partial charge in [0, 0.05) is 13.1 Å². The lowest BCUT2D eigenvalue weighted by atomic mass is 9.97. The number of esters is 1. The van der Waals surface area contributed by atoms with Crippen molar-refractivity contribution in [1.82, 2.24) is 15.5 Å². The minimum Gasteiger partial charge on any atom is -0.466 e. The largest absolute Gasteiger partial charge is 0.466 e. The summed E-state index contributed by atoms with van der Waals surface area (Å²) in [7, 11) is 0. The first-order valence-corrected chi connectivity index (χ1v) is 16.5. The van der Waals surface area contributed by atoms with Gasteiger partial charge in [0.2, 0.25) is 11.8 Å². The van der Waals surface area contributed by atoms with Gasteiger partial charge in [0.15, 0.2) is 0 Å². The van der Waals surface area contributed by atoms with Crippen molar-refractivity contribution in [2.75, 3.05) is 31.7 Å². The standard InChI is InChI=1S/C32H53N3O6S/c1-9-11-12-13-14-18-35(30(38)26(16-19-42-8)34-31(39)41-32(5,6)7)28(25-21-23(3)20-24(4)22-25)29(37)33-17-15-27(36)40-10-2/h20-22,26,28H,9-19H2,1-8H3,(H,33,37)(H,34,39). The normalized spacial score (nSPS) is 12.7. The maximum absolute atomic E-state index is 14.3. The van der Waals surface area contributed by atoms with Crippen LogP contribution in [0.4, 0.5) is 4.79 Å². The van der Waals surface area contributed by atoms with Gasteiger partial charge in [-0.15, -0.1) is 0 Å². The van der Waals surface area contributed by atoms with Crippen molar-refractivity contribution in [2.45, 2.75) is 111 Å². The number of hydrogen-bond acceptors (Lipinski definition) is 7. The molecule has 1 aromatic rings. The molecule has 0 aliphatic heterocycles. The van der Waals surface area contributed by atoms with Crippen LogP contribution in [0.15, 0.2) is 18.2 Å². The number of nitrogens with zero attached hydrogens (tertiary/aromatic N) is 1. The Kier molecular flexibility index (Phi) is 17.3. The Hall–Kier alpha value is -2.75. The van der Waals surface area contributed by atoms with Crippen molar-refractivity contribution in [3.63, 3.8) is 0 Å². The second-order valence-corrected chi connectivity index (χ2v) is 12.6. The van der Waals surface area contributed by atoms with Crippen LogP contribution in [0.2, 0.25) is 0 Å². The number of rotatable bonds is 18. The smallest absolute Gasteiger partial charge is 0.408 e. The van der Waals surface area contributed by atoms with E-state index < -0.39 is 29.7 Å². The summed E-state index contributed by atoms with van der Waals surface area (Å²) in [4.78, 5) is 54.5. The number of carbonyl (C=O) groups excluding carboxylic acids is 4. The first kappa shape index (κ1) is 37.3. The molecule has 0 bridgehead atoms. The van der Waals surface area contributed by atoms with E-state index >= 15 is 0 Å². The van der Waals surface area contributed by atoms with Gasteiger partial charge in [-0.2, -0.15) is 11.8 Å². The predicted octanol–water partition coefficient (Wildman–Crippen LogP) is 5.86. The van der Waals surface area contributed by atoms with Gasteiger partial charge in [0.25, 0.3) is 0 Å². The maximum Gasteiger partial charge on any atom is 0.408 e. The fourth-order valence-electron chi connectivity index (χ4n) is 4.65. The number of nitrogens with one attached hydrogen (secondary N) is 2. The second kappa shape index (κ2) is 19.4. The molecule has 1 aromatic carbocycles. The molecule has 2 N–H and O–H groups in total. The molecule has 0 spiro atoms. The summed E-state index contributed by atoms with van der Waals surface area (Å²) in [6, 6.07) is 4.03. The monoisotopic (exact) mass is 607 g/mol. The number of thioether (sulfide) groups is 1. The zero-order valence-electron chi connectivity index (χ0n) is 27.0. The summed E-state index contributed by atoms with van der Waals surface area (Å²) in [5.41, 5.74) is 1.89. The molecule has 0 aliphatic carbocycles. The Morgan fingerprint density at radius 2 is 1.62 bits per heavy atom. The fourth-order valence-corrected chi connectivity index (χ4v) is 5.12. The zero-order valence-corrected chi connectivity index (χ0v) is 27.8. The minimum absolute atomic E-state index is 0.0284. The third-order valence-electron chi connectivity index (χ3n) is 6.44. The molecule has 0 heterocycles. The second-order valence-electron chi connectivity index (χ2n) is 11.6. The fraction of sp³-hybridized carbons (Fsp3) is 0.688. The number of ether oxygens (including phenoxy) is 2. The number of alkyl carbamates (subject to hydrolysis) is 1. The average molecular weight is 608 g/mol. The van der Waals surface area contributed by atoms with E-state index in [1.807, 2.05) is 38.3 Å². The average Bonchev–Trinajstić information content (AvgIpc) is 2.88. The van der Waals surface area contributed by atoms with Crippen LogP contribution in [0.5, 0.6) is 0 Å². The molecule has 2 unspecified atom stereocenters. The van der Waals surface area contributed by atoms with Gasteiger partial charge in [-0.1, -0.05) is 61.9 Å². The predicted molar refractivity (Wildman–Crippen MR) is 170 cm³/mol. The molecule has 0 aliphatic rings. The van der Waals surface area contributed by atoms with Crippen LogP contribution in [0.25, 0.3) is 0 Å². The molecule has 0 fully saturated rings. The van der Waals surface area contributed by atoms with Crippen molar-refractivity contribution < 1.29 is 28.7 Å². The van der Waals surface area contributed by atoms with E-state index in [0.29, 0.717) is 30.7 Å². The number of unbranched alkanes of at least 4 members (excludes halogenated alkanes) is 4. The molecule has 2 atom stereocenters. The molecular weight excluding hydrogens is 554 g/mol. The van der Waals surface area contributed by atoms with E-state index in [9.17, 15) is 19.2 Å². The number of carbonyl (C=O) groups is 4. The van der Waals surface area contributed by atoms with Gasteiger partial charge in [-0.3, -0.25) is 14.4 Å². The van der Waals surface area contributed by atoms with Crippen LogP contribution in [-0.2, 0) is 23.9 Å². The van der Waals surface area contributed by atoms with Gasteiger partial charge < -0.3 is 25.0 Å². The SMILES string of the molecule is CCCCCCCN(C(=O)C(CCSC)NC(=O)OC(C)(C)C)C(C(=O)NCCC(=O)OCC)c1cc(C)cc(C)c1. The van der Waals surface area contributed by atoms with Crippen molar-refractivity contribution >= 4 is 35.6 Å². The van der Waals surface area contributed by atoms with Gasteiger partial charge in [0.1, 0.15) is 17.7 Å². The van der Waals surface area contributed by atoms with Gasteiger partial charge in [-0.05, 0) is 72.0 Å². The molecule has 0 aromatic heterocycles. The molecule has 42 heavy (non-hydrogen) atoms. The highest BCUT2D eigenvalue weighted by atomic mass is 32.2. The third-order valence-corrected chi connectivity index (χ3v) is 7.08. The van der Waals surface area contributed by atoms with Crippen LogP contribution in [0, 0.1) is 13.8 Å². The lowest BCUT2D eigenvalue weighted by molar-refractivity contribution is -0.144. The Bertz CT molecular complexity index is 990. The lowest BCUT2D eigenvalue weighted by Gasteiger charge is -2.35. The van der Waals surface area contributed by atoms with E-state index in [1.165, 1.54) is 0 Å². The van der Waals surface area contributed by atoms with Crippen molar-refractivity contribution in [1.29, 1.82) is 0 Å². The van der Waals surface area contributed by atoms with Crippen LogP contribution in [-0.4, -0.2) is 72.1 Å². The molecular formula is C32H53N3O6S. The Balaban J connectivity index is 3.48. The van der Waals surface area contributed by atoms with E-state index in [2.05, 4.69) is 17.6 Å². The van der Waals surface area contributed by atoms with Gasteiger partial charge in [-0.25, -0.2) is 4.79 Å². The molecule has 9 nitrogen and oxygen atoms in total. The summed E-state index contributed by atoms with van der Waals surface area (Å²) < 4.78 is 10.5. The molecule has 3 amide bonds. The summed E-state index contributed by atoms with van der Waals surface area (Å²) >= 11 is 1.57. The molecule has 1 rings (SSSR count). The third kappa shape index (κ3) is 14.4. The summed E-state index contributed by atoms with van der Waals surface area (Å²) in [5, 5.41) is 5.64. The molecule has 0 saturated heterocycles. The number of aryl methyl sites for hydroxylation is 2. The van der Waals surface area contributed by atoms with Crippen molar-refractivity contribution in [3.8, 4) is 0 Å². The number of benzene rings is 1. The Labute approximate surface area is 257 Å². The van der Waals surface area contributed by atoms with Crippen molar-refractivity contribution in [2.24, 2.45) is 0 Å². The quantitative estimate of drug-likeness (QED) is 0.159. The highest BCUT2D eigenvalue weighted by molar-refractivity contribution is 7.98. The van der Waals surface area contributed by atoms with Crippen LogP contribution in [0.3, 0.4) is 0 Å². The first-order valence-electron chi connectivity index (χ1n) is 15.1. The summed E-state index contributed by atoms with van der Waals surface area (Å²) in [6.45, 7) is 13.8. The van der Waals surface area contributed by atoms with E-state index in [1.54, 1.807) is 44.4 Å². The topological polar surface area (TPSA) is 114 Å². The lowest BCUT2D eigenvalue weighted by Crippen LogP contribution is -2.53.